The van der Waals surface area contributed by atoms with Gasteiger partial charge in [-0.15, -0.1) is 0 Å². The van der Waals surface area contributed by atoms with Crippen molar-refractivity contribution in [3.05, 3.63) is 52.6 Å². The lowest BCUT2D eigenvalue weighted by Gasteiger charge is -2.34. The number of hydrogen-bond donors (Lipinski definition) is 3. The maximum atomic E-state index is 6.61. The van der Waals surface area contributed by atoms with Crippen LogP contribution in [-0.2, 0) is 0 Å². The Kier molecular flexibility index (Phi) is 7.54. The van der Waals surface area contributed by atoms with Crippen LogP contribution in [0.25, 0.3) is 10.9 Å². The zero-order valence-electron chi connectivity index (χ0n) is 20.6. The molecular formula is C25H31ClN8OS. The minimum absolute atomic E-state index is 0.127. The zero-order valence-corrected chi connectivity index (χ0v) is 22.1. The van der Waals surface area contributed by atoms with Gasteiger partial charge >= 0.3 is 0 Å². The first-order valence-electron chi connectivity index (χ1n) is 12.0. The first kappa shape index (κ1) is 24.7. The summed E-state index contributed by atoms with van der Waals surface area (Å²) in [6.07, 6.45) is 6.43. The molecule has 3 heterocycles. The Bertz CT molecular complexity index is 1290. The second-order valence-corrected chi connectivity index (χ2v) is 10.2. The van der Waals surface area contributed by atoms with Crippen molar-refractivity contribution in [2.24, 2.45) is 9.98 Å². The van der Waals surface area contributed by atoms with Crippen LogP contribution in [0.3, 0.4) is 0 Å². The topological polar surface area (TPSA) is 96.9 Å². The highest BCUT2D eigenvalue weighted by molar-refractivity contribution is 7.96. The molecule has 0 bridgehead atoms. The predicted molar refractivity (Wildman–Crippen MR) is 149 cm³/mol. The van der Waals surface area contributed by atoms with E-state index in [0.717, 1.165) is 60.1 Å². The van der Waals surface area contributed by atoms with Crippen LogP contribution in [-0.4, -0.2) is 76.1 Å². The van der Waals surface area contributed by atoms with Gasteiger partial charge in [-0.25, -0.2) is 14.3 Å². The van der Waals surface area contributed by atoms with Crippen molar-refractivity contribution < 1.29 is 4.74 Å². The lowest BCUT2D eigenvalue weighted by molar-refractivity contribution is 0.277. The molecule has 3 aromatic rings. The van der Waals surface area contributed by atoms with Gasteiger partial charge in [0.25, 0.3) is 0 Å². The average molecular weight is 527 g/mol. The number of anilines is 1. The van der Waals surface area contributed by atoms with Gasteiger partial charge in [0, 0.05) is 66.5 Å². The van der Waals surface area contributed by atoms with Crippen molar-refractivity contribution in [3.8, 4) is 5.75 Å². The molecule has 0 amide bonds. The molecule has 36 heavy (non-hydrogen) atoms. The van der Waals surface area contributed by atoms with E-state index in [1.165, 1.54) is 12.8 Å². The number of fused-ring (bicyclic) bond motifs is 1. The third-order valence-corrected chi connectivity index (χ3v) is 7.68. The van der Waals surface area contributed by atoms with E-state index < -0.39 is 0 Å². The molecule has 1 saturated heterocycles. The molecule has 0 atom stereocenters. The number of aromatic amines is 2. The minimum Gasteiger partial charge on any atom is -0.470 e. The Balaban J connectivity index is 1.34. The van der Waals surface area contributed by atoms with Crippen molar-refractivity contribution in [2.75, 3.05) is 44.5 Å². The maximum Gasteiger partial charge on any atom is 0.181 e. The van der Waals surface area contributed by atoms with E-state index in [-0.39, 0.29) is 6.73 Å². The van der Waals surface area contributed by atoms with Gasteiger partial charge in [-0.05, 0) is 50.9 Å². The van der Waals surface area contributed by atoms with E-state index in [2.05, 4.69) is 47.7 Å². The zero-order chi connectivity index (χ0) is 25.1. The van der Waals surface area contributed by atoms with Crippen LogP contribution in [0.4, 0.5) is 5.82 Å². The third kappa shape index (κ3) is 5.71. The first-order chi connectivity index (χ1) is 17.5. The summed E-state index contributed by atoms with van der Waals surface area (Å²) >= 11 is 8.38. The highest BCUT2D eigenvalue weighted by Crippen LogP contribution is 2.39. The Labute approximate surface area is 220 Å². The first-order valence-corrected chi connectivity index (χ1v) is 13.6. The van der Waals surface area contributed by atoms with E-state index in [9.17, 15) is 0 Å². The number of rotatable bonds is 9. The van der Waals surface area contributed by atoms with Crippen LogP contribution in [0.1, 0.15) is 30.1 Å². The van der Waals surface area contributed by atoms with Crippen molar-refractivity contribution in [2.45, 2.75) is 25.7 Å². The highest BCUT2D eigenvalue weighted by atomic mass is 35.5. The second-order valence-electron chi connectivity index (χ2n) is 8.98. The summed E-state index contributed by atoms with van der Waals surface area (Å²) in [6, 6.07) is 7.90. The summed E-state index contributed by atoms with van der Waals surface area (Å²) in [6.45, 7) is 9.47. The van der Waals surface area contributed by atoms with E-state index in [1.54, 1.807) is 11.9 Å². The summed E-state index contributed by atoms with van der Waals surface area (Å²) in [5, 5.41) is 12.3. The van der Waals surface area contributed by atoms with E-state index >= 15 is 0 Å². The minimum atomic E-state index is 0.127. The number of hydrogen-bond acceptors (Lipinski definition) is 7. The Hall–Kier alpha value is -2.95. The summed E-state index contributed by atoms with van der Waals surface area (Å²) in [5.41, 5.74) is 3.19. The molecule has 2 aromatic heterocycles. The molecule has 1 saturated carbocycles. The molecular weight excluding hydrogens is 496 g/mol. The number of piperazine rings is 1. The van der Waals surface area contributed by atoms with Gasteiger partial charge < -0.3 is 19.9 Å². The average Bonchev–Trinajstić information content (AvgIpc) is 3.51. The molecule has 11 heteroatoms. The van der Waals surface area contributed by atoms with Crippen molar-refractivity contribution in [3.63, 3.8) is 0 Å². The number of halogens is 1. The van der Waals surface area contributed by atoms with E-state index in [1.807, 2.05) is 37.3 Å². The molecule has 1 aliphatic carbocycles. The van der Waals surface area contributed by atoms with Crippen LogP contribution in [0.2, 0.25) is 5.02 Å². The van der Waals surface area contributed by atoms with Crippen molar-refractivity contribution >= 4 is 52.8 Å². The van der Waals surface area contributed by atoms with Crippen LogP contribution in [0, 0.1) is 6.92 Å². The number of nitrogens with zero attached hydrogens (tertiary/aromatic N) is 5. The van der Waals surface area contributed by atoms with Gasteiger partial charge in [0.1, 0.15) is 17.4 Å². The molecule has 0 radical (unpaired) electrons. The predicted octanol–water partition coefficient (Wildman–Crippen LogP) is 5.01. The van der Waals surface area contributed by atoms with Gasteiger partial charge in [0.05, 0.1) is 5.02 Å². The van der Waals surface area contributed by atoms with E-state index in [4.69, 9.17) is 21.3 Å². The number of benzene rings is 1. The summed E-state index contributed by atoms with van der Waals surface area (Å²) in [4.78, 5) is 14.5. The molecule has 0 spiro atoms. The number of nitrogens with one attached hydrogen (secondary N) is 3. The van der Waals surface area contributed by atoms with Crippen LogP contribution < -0.4 is 10.1 Å². The summed E-state index contributed by atoms with van der Waals surface area (Å²) in [5.74, 6) is 3.28. The highest BCUT2D eigenvalue weighted by Gasteiger charge is 2.25. The molecule has 2 fully saturated rings. The third-order valence-electron chi connectivity index (χ3n) is 6.41. The lowest BCUT2D eigenvalue weighted by Crippen LogP contribution is -2.46. The Morgan fingerprint density at radius 3 is 2.83 bits per heavy atom. The van der Waals surface area contributed by atoms with Gasteiger partial charge in [0.2, 0.25) is 0 Å². The lowest BCUT2D eigenvalue weighted by atomic mass is 10.2. The molecule has 1 aliphatic heterocycles. The summed E-state index contributed by atoms with van der Waals surface area (Å²) < 4.78 is 8.34. The number of ether oxygens (including phenoxy) is 1. The van der Waals surface area contributed by atoms with Crippen LogP contribution in [0.5, 0.6) is 5.75 Å². The Morgan fingerprint density at radius 2 is 2.11 bits per heavy atom. The fraction of sp³-hybridized carbons (Fsp3) is 0.400. The number of H-pyrrole nitrogens is 2. The van der Waals surface area contributed by atoms with Crippen LogP contribution in [0.15, 0.2) is 46.1 Å². The SMILES string of the molecule is C=N/C(=C\C(=N/COc1ccc2[nH]c(C)cc2c1Cl)N1CCN(SC)CC1)Nc1cc(C2CC2)[nH]n1. The fourth-order valence-electron chi connectivity index (χ4n) is 4.28. The molecule has 0 unspecified atom stereocenters. The molecule has 1 aromatic carbocycles. The van der Waals surface area contributed by atoms with Gasteiger partial charge in [0.15, 0.2) is 12.5 Å². The molecule has 190 valence electrons. The number of aryl methyl sites for hydroxylation is 1. The quantitative estimate of drug-likeness (QED) is 0.206. The largest absolute Gasteiger partial charge is 0.470 e. The summed E-state index contributed by atoms with van der Waals surface area (Å²) in [7, 11) is 0. The Morgan fingerprint density at radius 1 is 1.31 bits per heavy atom. The fourth-order valence-corrected chi connectivity index (χ4v) is 5.09. The van der Waals surface area contributed by atoms with Crippen molar-refractivity contribution in [1.29, 1.82) is 0 Å². The second kappa shape index (κ2) is 11.0. The molecule has 5 rings (SSSR count). The molecule has 3 N–H and O–H groups in total. The normalized spacial score (nSPS) is 17.6. The maximum absolute atomic E-state index is 6.61. The molecule has 9 nitrogen and oxygen atoms in total. The standard InChI is InChI=1S/C25H31ClN8OS/c1-16-12-18-19(29-16)6-7-21(25(18)26)35-15-28-24(33-8-10-34(36-3)11-9-33)14-22(27-2)30-23-13-20(31-32-23)17-4-5-17/h6-7,12-14,17,29H,2,4-5,8-11,15H2,1,3H3,(H2,30,31,32)/b22-14+,28-24+. The number of aromatic nitrogens is 3. The smallest absolute Gasteiger partial charge is 0.181 e. The number of aliphatic imine (C=N–C) groups is 2. The molecule has 2 aliphatic rings. The van der Waals surface area contributed by atoms with Crippen LogP contribution >= 0.6 is 23.5 Å². The number of amidine groups is 1. The van der Waals surface area contributed by atoms with Crippen molar-refractivity contribution in [1.82, 2.24) is 24.4 Å². The van der Waals surface area contributed by atoms with Gasteiger partial charge in [-0.3, -0.25) is 5.10 Å². The van der Waals surface area contributed by atoms with E-state index in [0.29, 0.717) is 22.5 Å². The van der Waals surface area contributed by atoms with Gasteiger partial charge in [-0.1, -0.05) is 23.5 Å². The van der Waals surface area contributed by atoms with Gasteiger partial charge in [-0.2, -0.15) is 5.10 Å². The monoisotopic (exact) mass is 526 g/mol.